The molecule has 118 valence electrons. The van der Waals surface area contributed by atoms with Gasteiger partial charge in [0.25, 0.3) is 0 Å². The number of hydrogen-bond acceptors (Lipinski definition) is 1. The second-order valence-electron chi connectivity index (χ2n) is 7.90. The Bertz CT molecular complexity index is 432. The normalized spacial score (nSPS) is 26.8. The van der Waals surface area contributed by atoms with Gasteiger partial charge in [-0.1, -0.05) is 25.5 Å². The quantitative estimate of drug-likeness (QED) is 0.839. The molecule has 0 aromatic heterocycles. The minimum absolute atomic E-state index is 0.137. The van der Waals surface area contributed by atoms with Crippen LogP contribution in [0.2, 0.25) is 0 Å². The van der Waals surface area contributed by atoms with E-state index in [0.717, 1.165) is 24.8 Å². The summed E-state index contributed by atoms with van der Waals surface area (Å²) in [5, 5.41) is 3.67. The Hall–Kier alpha value is -0.890. The van der Waals surface area contributed by atoms with Gasteiger partial charge in [-0.15, -0.1) is 0 Å². The van der Waals surface area contributed by atoms with Gasteiger partial charge in [0, 0.05) is 5.54 Å². The number of benzene rings is 1. The molecule has 1 aliphatic rings. The summed E-state index contributed by atoms with van der Waals surface area (Å²) in [4.78, 5) is 0. The van der Waals surface area contributed by atoms with Gasteiger partial charge in [-0.2, -0.15) is 0 Å². The van der Waals surface area contributed by atoms with Crippen LogP contribution >= 0.6 is 0 Å². The molecule has 1 nitrogen and oxygen atoms in total. The molecule has 3 atom stereocenters. The van der Waals surface area contributed by atoms with Gasteiger partial charge in [-0.3, -0.25) is 0 Å². The molecule has 0 spiro atoms. The van der Waals surface area contributed by atoms with Crippen LogP contribution in [0.5, 0.6) is 0 Å². The van der Waals surface area contributed by atoms with Gasteiger partial charge < -0.3 is 5.32 Å². The molecule has 1 N–H and O–H groups in total. The monoisotopic (exact) mass is 291 g/mol. The first-order chi connectivity index (χ1) is 9.83. The van der Waals surface area contributed by atoms with Gasteiger partial charge >= 0.3 is 0 Å². The van der Waals surface area contributed by atoms with Gasteiger partial charge in [-0.25, -0.2) is 4.39 Å². The number of rotatable bonds is 4. The molecule has 1 aromatic carbocycles. The topological polar surface area (TPSA) is 12.0 Å². The van der Waals surface area contributed by atoms with E-state index in [4.69, 9.17) is 0 Å². The highest BCUT2D eigenvalue weighted by Crippen LogP contribution is 2.35. The SMILES string of the molecule is CC1CCC(CNC(C)(C)C)C(Cc2ccc(F)cc2)C1. The van der Waals surface area contributed by atoms with Crippen LogP contribution in [0, 0.1) is 23.6 Å². The summed E-state index contributed by atoms with van der Waals surface area (Å²) in [6.07, 6.45) is 5.04. The summed E-state index contributed by atoms with van der Waals surface area (Å²) in [5.74, 6) is 2.14. The number of hydrogen-bond donors (Lipinski definition) is 1. The zero-order valence-electron chi connectivity index (χ0n) is 14.0. The van der Waals surface area contributed by atoms with Crippen LogP contribution in [-0.2, 0) is 6.42 Å². The summed E-state index contributed by atoms with van der Waals surface area (Å²) in [7, 11) is 0. The number of nitrogens with one attached hydrogen (secondary N) is 1. The highest BCUT2D eigenvalue weighted by molar-refractivity contribution is 5.17. The zero-order valence-corrected chi connectivity index (χ0v) is 14.0. The van der Waals surface area contributed by atoms with E-state index in [1.54, 1.807) is 12.1 Å². The first kappa shape index (κ1) is 16.5. The summed E-state index contributed by atoms with van der Waals surface area (Å²) < 4.78 is 13.0. The van der Waals surface area contributed by atoms with Crippen LogP contribution in [0.3, 0.4) is 0 Å². The molecule has 1 aliphatic carbocycles. The molecular formula is C19H30FN. The molecular weight excluding hydrogens is 261 g/mol. The van der Waals surface area contributed by atoms with Crippen molar-refractivity contribution in [3.8, 4) is 0 Å². The van der Waals surface area contributed by atoms with Crippen molar-refractivity contribution in [1.82, 2.24) is 5.32 Å². The fourth-order valence-electron chi connectivity index (χ4n) is 3.44. The average Bonchev–Trinajstić information content (AvgIpc) is 2.39. The molecule has 0 aliphatic heterocycles. The van der Waals surface area contributed by atoms with Crippen molar-refractivity contribution in [3.05, 3.63) is 35.6 Å². The van der Waals surface area contributed by atoms with E-state index in [0.29, 0.717) is 5.92 Å². The molecule has 1 aromatic rings. The molecule has 2 heteroatoms. The van der Waals surface area contributed by atoms with E-state index in [-0.39, 0.29) is 11.4 Å². The minimum Gasteiger partial charge on any atom is -0.312 e. The van der Waals surface area contributed by atoms with Crippen LogP contribution in [0.4, 0.5) is 4.39 Å². The summed E-state index contributed by atoms with van der Waals surface area (Å²) in [6, 6.07) is 7.07. The standard InChI is InChI=1S/C19H30FN/c1-14-5-8-16(13-21-19(2,3)4)17(11-14)12-15-6-9-18(20)10-7-15/h6-7,9-10,14,16-17,21H,5,8,11-13H2,1-4H3. The third kappa shape index (κ3) is 5.43. The lowest BCUT2D eigenvalue weighted by molar-refractivity contribution is 0.174. The van der Waals surface area contributed by atoms with Gasteiger partial charge in [0.15, 0.2) is 0 Å². The summed E-state index contributed by atoms with van der Waals surface area (Å²) in [5.41, 5.74) is 1.46. The molecule has 1 fully saturated rings. The van der Waals surface area contributed by atoms with E-state index in [2.05, 4.69) is 33.0 Å². The molecule has 0 amide bonds. The molecule has 21 heavy (non-hydrogen) atoms. The van der Waals surface area contributed by atoms with Crippen molar-refractivity contribution in [3.63, 3.8) is 0 Å². The molecule has 1 saturated carbocycles. The van der Waals surface area contributed by atoms with E-state index in [9.17, 15) is 4.39 Å². The Morgan fingerprint density at radius 3 is 2.38 bits per heavy atom. The minimum atomic E-state index is -0.137. The van der Waals surface area contributed by atoms with Crippen molar-refractivity contribution in [2.45, 2.75) is 58.9 Å². The summed E-state index contributed by atoms with van der Waals surface area (Å²) in [6.45, 7) is 10.2. The van der Waals surface area contributed by atoms with E-state index in [1.165, 1.54) is 24.8 Å². The predicted octanol–water partition coefficient (Wildman–Crippen LogP) is 4.81. The molecule has 0 saturated heterocycles. The second kappa shape index (κ2) is 6.91. The fraction of sp³-hybridized carbons (Fsp3) is 0.684. The Morgan fingerprint density at radius 1 is 1.10 bits per heavy atom. The molecule has 2 rings (SSSR count). The van der Waals surface area contributed by atoms with Crippen molar-refractivity contribution in [2.75, 3.05) is 6.54 Å². The predicted molar refractivity (Wildman–Crippen MR) is 87.9 cm³/mol. The maximum Gasteiger partial charge on any atom is 0.123 e. The Kier molecular flexibility index (Phi) is 5.43. The molecule has 0 radical (unpaired) electrons. The smallest absolute Gasteiger partial charge is 0.123 e. The highest BCUT2D eigenvalue weighted by Gasteiger charge is 2.29. The van der Waals surface area contributed by atoms with E-state index >= 15 is 0 Å². The van der Waals surface area contributed by atoms with E-state index in [1.807, 2.05) is 12.1 Å². The van der Waals surface area contributed by atoms with Gasteiger partial charge in [-0.05, 0) is 82.0 Å². The van der Waals surface area contributed by atoms with Gasteiger partial charge in [0.05, 0.1) is 0 Å². The second-order valence-corrected chi connectivity index (χ2v) is 7.90. The maximum atomic E-state index is 13.0. The van der Waals surface area contributed by atoms with Crippen LogP contribution in [0.25, 0.3) is 0 Å². The van der Waals surface area contributed by atoms with Crippen LogP contribution in [-0.4, -0.2) is 12.1 Å². The third-order valence-corrected chi connectivity index (χ3v) is 4.71. The Morgan fingerprint density at radius 2 is 1.76 bits per heavy atom. The average molecular weight is 291 g/mol. The van der Waals surface area contributed by atoms with Crippen LogP contribution < -0.4 is 5.32 Å². The maximum absolute atomic E-state index is 13.0. The van der Waals surface area contributed by atoms with Crippen molar-refractivity contribution in [1.29, 1.82) is 0 Å². The van der Waals surface area contributed by atoms with Crippen molar-refractivity contribution in [2.24, 2.45) is 17.8 Å². The van der Waals surface area contributed by atoms with Gasteiger partial charge in [0.2, 0.25) is 0 Å². The molecule has 3 unspecified atom stereocenters. The van der Waals surface area contributed by atoms with Crippen LogP contribution in [0.15, 0.2) is 24.3 Å². The first-order valence-electron chi connectivity index (χ1n) is 8.33. The zero-order chi connectivity index (χ0) is 15.5. The van der Waals surface area contributed by atoms with Crippen LogP contribution in [0.1, 0.15) is 52.5 Å². The Labute approximate surface area is 129 Å². The van der Waals surface area contributed by atoms with E-state index < -0.39 is 0 Å². The first-order valence-corrected chi connectivity index (χ1v) is 8.33. The fourth-order valence-corrected chi connectivity index (χ4v) is 3.44. The van der Waals surface area contributed by atoms with Gasteiger partial charge in [0.1, 0.15) is 5.82 Å². The third-order valence-electron chi connectivity index (χ3n) is 4.71. The lowest BCUT2D eigenvalue weighted by Crippen LogP contribution is -2.42. The number of halogens is 1. The lowest BCUT2D eigenvalue weighted by Gasteiger charge is -2.37. The highest BCUT2D eigenvalue weighted by atomic mass is 19.1. The van der Waals surface area contributed by atoms with Crippen molar-refractivity contribution >= 4 is 0 Å². The summed E-state index contributed by atoms with van der Waals surface area (Å²) >= 11 is 0. The molecule has 0 bridgehead atoms. The molecule has 0 heterocycles. The lowest BCUT2D eigenvalue weighted by atomic mass is 9.72. The largest absolute Gasteiger partial charge is 0.312 e. The Balaban J connectivity index is 1.99. The van der Waals surface area contributed by atoms with Crippen molar-refractivity contribution < 1.29 is 4.39 Å².